The van der Waals surface area contributed by atoms with Gasteiger partial charge in [0.15, 0.2) is 5.96 Å². The Morgan fingerprint density at radius 1 is 1.13 bits per heavy atom. The zero-order valence-electron chi connectivity index (χ0n) is 19.3. The first kappa shape index (κ1) is 23.0. The molecule has 2 aliphatic rings. The summed E-state index contributed by atoms with van der Waals surface area (Å²) in [6.07, 6.45) is 6.55. The molecule has 0 unspecified atom stereocenters. The van der Waals surface area contributed by atoms with Gasteiger partial charge in [-0.1, -0.05) is 50.5 Å². The Morgan fingerprint density at radius 2 is 1.87 bits per heavy atom. The number of nitrogens with zero attached hydrogens (tertiary/aromatic N) is 3. The number of rotatable bonds is 8. The van der Waals surface area contributed by atoms with E-state index in [0.717, 1.165) is 58.4 Å². The average molecular weight is 416 g/mol. The van der Waals surface area contributed by atoms with Crippen molar-refractivity contribution in [2.75, 3.05) is 53.5 Å². The second-order valence-corrected chi connectivity index (χ2v) is 8.81. The van der Waals surface area contributed by atoms with Gasteiger partial charge < -0.3 is 20.3 Å². The maximum atomic E-state index is 5.61. The van der Waals surface area contributed by atoms with Gasteiger partial charge in [-0.05, 0) is 37.6 Å². The Bertz CT molecular complexity index is 665. The molecule has 0 atom stereocenters. The van der Waals surface area contributed by atoms with Crippen LogP contribution in [0.1, 0.15) is 50.2 Å². The van der Waals surface area contributed by atoms with Crippen LogP contribution in [0.3, 0.4) is 0 Å². The van der Waals surface area contributed by atoms with Crippen LogP contribution >= 0.6 is 0 Å². The minimum absolute atomic E-state index is 0.240. The summed E-state index contributed by atoms with van der Waals surface area (Å²) in [7, 11) is 4.02. The predicted octanol–water partition coefficient (Wildman–Crippen LogP) is 2.84. The molecule has 6 heteroatoms. The fraction of sp³-hybridized carbons (Fsp3) is 0.708. The van der Waals surface area contributed by atoms with Gasteiger partial charge in [0.1, 0.15) is 0 Å². The summed E-state index contributed by atoms with van der Waals surface area (Å²) in [5.41, 5.74) is 2.89. The molecule has 1 aromatic rings. The van der Waals surface area contributed by atoms with Gasteiger partial charge in [0, 0.05) is 45.3 Å². The first-order valence-corrected chi connectivity index (χ1v) is 11.7. The molecule has 2 fully saturated rings. The fourth-order valence-electron chi connectivity index (χ4n) is 4.77. The average Bonchev–Trinajstić information content (AvgIpc) is 2.80. The molecule has 1 aromatic carbocycles. The molecule has 168 valence electrons. The van der Waals surface area contributed by atoms with E-state index in [9.17, 15) is 0 Å². The summed E-state index contributed by atoms with van der Waals surface area (Å²) in [6, 6.07) is 8.84. The third-order valence-corrected chi connectivity index (χ3v) is 6.72. The molecule has 1 saturated heterocycles. The lowest BCUT2D eigenvalue weighted by molar-refractivity contribution is -0.0352. The van der Waals surface area contributed by atoms with Gasteiger partial charge in [-0.15, -0.1) is 0 Å². The highest BCUT2D eigenvalue weighted by Crippen LogP contribution is 2.33. The second-order valence-electron chi connectivity index (χ2n) is 8.81. The molecule has 1 heterocycles. The number of nitrogens with one attached hydrogen (secondary N) is 2. The monoisotopic (exact) mass is 415 g/mol. The van der Waals surface area contributed by atoms with Gasteiger partial charge in [0.2, 0.25) is 0 Å². The first-order chi connectivity index (χ1) is 14.6. The number of hydrogen-bond donors (Lipinski definition) is 2. The zero-order valence-corrected chi connectivity index (χ0v) is 19.3. The van der Waals surface area contributed by atoms with Gasteiger partial charge in [-0.25, -0.2) is 0 Å². The van der Waals surface area contributed by atoms with Crippen molar-refractivity contribution in [3.8, 4) is 0 Å². The molecule has 0 bridgehead atoms. The van der Waals surface area contributed by atoms with Gasteiger partial charge in [-0.3, -0.25) is 9.89 Å². The molecular weight excluding hydrogens is 374 g/mol. The zero-order chi connectivity index (χ0) is 21.2. The Hall–Kier alpha value is -1.63. The summed E-state index contributed by atoms with van der Waals surface area (Å²) in [6.45, 7) is 9.79. The van der Waals surface area contributed by atoms with Crippen molar-refractivity contribution in [1.29, 1.82) is 0 Å². The smallest absolute Gasteiger partial charge is 0.191 e. The molecule has 0 spiro atoms. The highest BCUT2D eigenvalue weighted by atomic mass is 16.5. The molecule has 6 nitrogen and oxygen atoms in total. The van der Waals surface area contributed by atoms with Gasteiger partial charge in [-0.2, -0.15) is 0 Å². The van der Waals surface area contributed by atoms with Crippen LogP contribution in [0.5, 0.6) is 0 Å². The van der Waals surface area contributed by atoms with E-state index >= 15 is 0 Å². The Kier molecular flexibility index (Phi) is 8.97. The van der Waals surface area contributed by atoms with Crippen molar-refractivity contribution in [3.63, 3.8) is 0 Å². The van der Waals surface area contributed by atoms with E-state index in [4.69, 9.17) is 4.74 Å². The van der Waals surface area contributed by atoms with Crippen molar-refractivity contribution in [2.45, 2.75) is 57.7 Å². The minimum Gasteiger partial charge on any atom is -0.379 e. The normalized spacial score (nSPS) is 20.3. The molecule has 0 aromatic heterocycles. The Labute approximate surface area is 183 Å². The lowest BCUT2D eigenvalue weighted by atomic mass is 9.80. The molecule has 1 aliphatic carbocycles. The second kappa shape index (κ2) is 11.7. The van der Waals surface area contributed by atoms with E-state index in [1.54, 1.807) is 0 Å². The summed E-state index contributed by atoms with van der Waals surface area (Å²) in [5.74, 6) is 0.893. The third kappa shape index (κ3) is 6.43. The van der Waals surface area contributed by atoms with Crippen molar-refractivity contribution >= 4 is 5.96 Å². The lowest BCUT2D eigenvalue weighted by Crippen LogP contribution is -2.60. The molecule has 1 saturated carbocycles. The van der Waals surface area contributed by atoms with Crippen molar-refractivity contribution in [3.05, 3.63) is 35.4 Å². The molecular formula is C24H41N5O. The molecule has 30 heavy (non-hydrogen) atoms. The number of hydrogen-bond acceptors (Lipinski definition) is 4. The molecule has 2 N–H and O–H groups in total. The summed E-state index contributed by atoms with van der Waals surface area (Å²) in [5, 5.41) is 7.17. The van der Waals surface area contributed by atoms with E-state index < -0.39 is 0 Å². The summed E-state index contributed by atoms with van der Waals surface area (Å²) in [4.78, 5) is 9.48. The standard InChI is InChI=1S/C24H41N5O/c1-4-28(3)19-22-10-8-9-21(17-22)18-26-23(25-2)27-20-24(11-6-5-7-12-24)29-13-15-30-16-14-29/h8-10,17H,4-7,11-16,18-20H2,1-3H3,(H2,25,26,27). The highest BCUT2D eigenvalue weighted by molar-refractivity contribution is 5.79. The van der Waals surface area contributed by atoms with E-state index in [-0.39, 0.29) is 5.54 Å². The number of ether oxygens (including phenoxy) is 1. The highest BCUT2D eigenvalue weighted by Gasteiger charge is 2.38. The molecule has 0 amide bonds. The van der Waals surface area contributed by atoms with Crippen LogP contribution in [-0.4, -0.2) is 74.8 Å². The van der Waals surface area contributed by atoms with E-state index in [2.05, 4.69) is 63.7 Å². The van der Waals surface area contributed by atoms with Crippen LogP contribution in [-0.2, 0) is 17.8 Å². The van der Waals surface area contributed by atoms with Crippen LogP contribution in [0.2, 0.25) is 0 Å². The number of benzene rings is 1. The maximum absolute atomic E-state index is 5.61. The SMILES string of the molecule is CCN(C)Cc1cccc(CNC(=NC)NCC2(N3CCOCC3)CCCCC2)c1. The van der Waals surface area contributed by atoms with Crippen molar-refractivity contribution in [2.24, 2.45) is 4.99 Å². The summed E-state index contributed by atoms with van der Waals surface area (Å²) < 4.78 is 5.61. The number of guanidine groups is 1. The first-order valence-electron chi connectivity index (χ1n) is 11.7. The molecule has 3 rings (SSSR count). The van der Waals surface area contributed by atoms with Crippen LogP contribution in [0.4, 0.5) is 0 Å². The predicted molar refractivity (Wildman–Crippen MR) is 125 cm³/mol. The van der Waals surface area contributed by atoms with Gasteiger partial charge >= 0.3 is 0 Å². The minimum atomic E-state index is 0.240. The fourth-order valence-corrected chi connectivity index (χ4v) is 4.77. The molecule has 1 aliphatic heterocycles. The quantitative estimate of drug-likeness (QED) is 0.505. The maximum Gasteiger partial charge on any atom is 0.191 e. The van der Waals surface area contributed by atoms with E-state index in [1.807, 2.05) is 7.05 Å². The molecule has 0 radical (unpaired) electrons. The van der Waals surface area contributed by atoms with Crippen LogP contribution in [0, 0.1) is 0 Å². The lowest BCUT2D eigenvalue weighted by Gasteiger charge is -2.48. The van der Waals surface area contributed by atoms with Gasteiger partial charge in [0.05, 0.1) is 13.2 Å². The van der Waals surface area contributed by atoms with Crippen LogP contribution in [0.15, 0.2) is 29.3 Å². The van der Waals surface area contributed by atoms with E-state index in [1.165, 1.54) is 43.2 Å². The number of aliphatic imine (C=N–C) groups is 1. The van der Waals surface area contributed by atoms with Crippen molar-refractivity contribution in [1.82, 2.24) is 20.4 Å². The Morgan fingerprint density at radius 3 is 2.57 bits per heavy atom. The van der Waals surface area contributed by atoms with Crippen LogP contribution in [0.25, 0.3) is 0 Å². The topological polar surface area (TPSA) is 52.1 Å². The van der Waals surface area contributed by atoms with Gasteiger partial charge in [0.25, 0.3) is 0 Å². The third-order valence-electron chi connectivity index (χ3n) is 6.72. The van der Waals surface area contributed by atoms with E-state index in [0.29, 0.717) is 0 Å². The largest absolute Gasteiger partial charge is 0.379 e. The summed E-state index contributed by atoms with van der Waals surface area (Å²) >= 11 is 0. The number of morpholine rings is 1. The van der Waals surface area contributed by atoms with Crippen molar-refractivity contribution < 1.29 is 4.74 Å². The van der Waals surface area contributed by atoms with Crippen LogP contribution < -0.4 is 10.6 Å². The Balaban J connectivity index is 1.55.